The number of benzene rings is 3. The molecule has 0 saturated heterocycles. The summed E-state index contributed by atoms with van der Waals surface area (Å²) in [7, 11) is 1.53. The second kappa shape index (κ2) is 17.4. The molecule has 0 aliphatic heterocycles. The van der Waals surface area contributed by atoms with E-state index in [1.165, 1.54) is 18.2 Å². The van der Waals surface area contributed by atoms with Gasteiger partial charge in [-0.1, -0.05) is 68.0 Å². The van der Waals surface area contributed by atoms with Crippen molar-refractivity contribution in [3.8, 4) is 11.5 Å². The van der Waals surface area contributed by atoms with Gasteiger partial charge in [0, 0.05) is 0 Å². The summed E-state index contributed by atoms with van der Waals surface area (Å²) in [5, 5.41) is 9.25. The number of hydrogen-bond acceptors (Lipinski definition) is 6. The Kier molecular flexibility index (Phi) is 14.6. The molecule has 204 valence electrons. The smallest absolute Gasteiger partial charge is 0.338 e. The number of ether oxygens (including phenoxy) is 3. The summed E-state index contributed by atoms with van der Waals surface area (Å²) in [5.74, 6) is 0.317. The van der Waals surface area contributed by atoms with Crippen LogP contribution in [0.4, 0.5) is 0 Å². The van der Waals surface area contributed by atoms with E-state index in [9.17, 15) is 14.7 Å². The summed E-state index contributed by atoms with van der Waals surface area (Å²) < 4.78 is 14.6. The van der Waals surface area contributed by atoms with Gasteiger partial charge in [0.05, 0.1) is 31.5 Å². The van der Waals surface area contributed by atoms with Crippen molar-refractivity contribution in [1.82, 2.24) is 0 Å². The van der Waals surface area contributed by atoms with Crippen molar-refractivity contribution in [2.75, 3.05) is 20.3 Å². The van der Waals surface area contributed by atoms with Crippen LogP contribution in [0.1, 0.15) is 71.0 Å². The topological polar surface area (TPSA) is 82.1 Å². The minimum atomic E-state index is -0.508. The Bertz CT molecular complexity index is 1110. The van der Waals surface area contributed by atoms with E-state index in [1.807, 2.05) is 12.1 Å². The third-order valence-corrected chi connectivity index (χ3v) is 5.29. The average molecular weight is 521 g/mol. The molecular weight excluding hydrogens is 480 g/mol. The van der Waals surface area contributed by atoms with E-state index in [-0.39, 0.29) is 30.1 Å². The van der Waals surface area contributed by atoms with Crippen molar-refractivity contribution in [1.29, 1.82) is 0 Å². The van der Waals surface area contributed by atoms with Gasteiger partial charge in [0.25, 0.3) is 0 Å². The van der Waals surface area contributed by atoms with Crippen molar-refractivity contribution in [2.45, 2.75) is 47.0 Å². The Morgan fingerprint density at radius 1 is 0.895 bits per heavy atom. The Morgan fingerprint density at radius 2 is 1.42 bits per heavy atom. The molecule has 0 bridgehead atoms. The van der Waals surface area contributed by atoms with Crippen molar-refractivity contribution >= 4 is 11.9 Å². The van der Waals surface area contributed by atoms with Gasteiger partial charge in [0.15, 0.2) is 11.5 Å². The average Bonchev–Trinajstić information content (AvgIpc) is 2.91. The predicted molar refractivity (Wildman–Crippen MR) is 152 cm³/mol. The lowest BCUT2D eigenvalue weighted by Crippen LogP contribution is -2.13. The Hall–Kier alpha value is -4.06. The van der Waals surface area contributed by atoms with Crippen LogP contribution in [0.5, 0.6) is 11.5 Å². The van der Waals surface area contributed by atoms with Crippen LogP contribution < -0.4 is 4.74 Å². The molecule has 6 heteroatoms. The lowest BCUT2D eigenvalue weighted by Gasteiger charge is -2.07. The molecule has 0 fully saturated rings. The number of phenols is 1. The minimum absolute atomic E-state index is 0.172. The number of methoxy groups -OCH3 is 1. The maximum Gasteiger partial charge on any atom is 0.338 e. The van der Waals surface area contributed by atoms with E-state index in [0.29, 0.717) is 11.7 Å². The summed E-state index contributed by atoms with van der Waals surface area (Å²) in [6.07, 6.45) is 2.60. The van der Waals surface area contributed by atoms with E-state index >= 15 is 0 Å². The number of esters is 2. The van der Waals surface area contributed by atoms with Crippen molar-refractivity contribution < 1.29 is 28.9 Å². The fraction of sp³-hybridized carbons (Fsp3) is 0.312. The first-order chi connectivity index (χ1) is 18.2. The van der Waals surface area contributed by atoms with Crippen molar-refractivity contribution in [3.63, 3.8) is 0 Å². The van der Waals surface area contributed by atoms with E-state index < -0.39 is 11.9 Å². The number of carbonyl (C=O) groups excluding carboxylic acids is 2. The molecule has 0 spiro atoms. The van der Waals surface area contributed by atoms with E-state index in [1.54, 1.807) is 50.2 Å². The Balaban J connectivity index is 0.000000294. The van der Waals surface area contributed by atoms with Crippen LogP contribution in [0.2, 0.25) is 0 Å². The second-order valence-electron chi connectivity index (χ2n) is 8.55. The molecule has 3 aromatic carbocycles. The Morgan fingerprint density at radius 3 is 1.84 bits per heavy atom. The highest BCUT2D eigenvalue weighted by Gasteiger charge is 2.17. The second-order valence-corrected chi connectivity index (χ2v) is 8.55. The Labute approximate surface area is 226 Å². The van der Waals surface area contributed by atoms with Gasteiger partial charge < -0.3 is 19.3 Å². The summed E-state index contributed by atoms with van der Waals surface area (Å²) in [6, 6.07) is 20.4. The molecule has 1 N–H and O–H groups in total. The first kappa shape index (κ1) is 32.0. The van der Waals surface area contributed by atoms with Gasteiger partial charge in [-0.2, -0.15) is 0 Å². The van der Waals surface area contributed by atoms with Gasteiger partial charge in [0.1, 0.15) is 0 Å². The molecule has 6 nitrogen and oxygen atoms in total. The summed E-state index contributed by atoms with van der Waals surface area (Å²) in [5.41, 5.74) is 4.32. The van der Waals surface area contributed by atoms with Crippen LogP contribution in [-0.2, 0) is 15.9 Å². The fourth-order valence-electron chi connectivity index (χ4n) is 3.22. The fourth-order valence-corrected chi connectivity index (χ4v) is 3.22. The number of aryl methyl sites for hydroxylation is 1. The highest BCUT2D eigenvalue weighted by atomic mass is 16.5. The first-order valence-corrected chi connectivity index (χ1v) is 12.6. The van der Waals surface area contributed by atoms with Crippen LogP contribution in [0.3, 0.4) is 0 Å². The molecule has 0 radical (unpaired) electrons. The molecule has 0 atom stereocenters. The number of allylic oxidation sites excluding steroid dienone is 1. The van der Waals surface area contributed by atoms with Crippen LogP contribution in [0.15, 0.2) is 79.4 Å². The number of aromatic hydroxyl groups is 1. The zero-order chi connectivity index (χ0) is 28.5. The van der Waals surface area contributed by atoms with Gasteiger partial charge >= 0.3 is 11.9 Å². The predicted octanol–water partition coefficient (Wildman–Crippen LogP) is 7.29. The third-order valence-electron chi connectivity index (χ3n) is 5.29. The molecule has 3 rings (SSSR count). The van der Waals surface area contributed by atoms with E-state index in [4.69, 9.17) is 14.2 Å². The molecular formula is C32H40O6. The zero-order valence-corrected chi connectivity index (χ0v) is 23.3. The number of hydrogen-bond donors (Lipinski definition) is 1. The number of phenolic OH excluding ortho intramolecular Hbond substituents is 1. The summed E-state index contributed by atoms with van der Waals surface area (Å²) in [6.45, 7) is 14.1. The lowest BCUT2D eigenvalue weighted by atomic mass is 10.0. The monoisotopic (exact) mass is 520 g/mol. The minimum Gasteiger partial charge on any atom is -0.504 e. The molecule has 38 heavy (non-hydrogen) atoms. The zero-order valence-electron chi connectivity index (χ0n) is 23.3. The molecule has 0 aliphatic rings. The molecule has 3 aromatic rings. The standard InChI is InChI=1S/C12H14O4.C10H12O2.C10H14/c1-3-15-11(13)9-7-5-6-8-10(9)12(14)16-4-2;1-3-4-8-5-6-9(11)10(7-8)12-2;1-8(2)10-6-4-9(3)5-7-10/h5-8H,3-4H2,1-2H3;3,5-7,11H,1,4H2,2H3;4-8H,1-3H3. The number of carbonyl (C=O) groups is 2. The largest absolute Gasteiger partial charge is 0.504 e. The third kappa shape index (κ3) is 10.9. The maximum absolute atomic E-state index is 11.5. The van der Waals surface area contributed by atoms with Crippen LogP contribution in [0, 0.1) is 6.92 Å². The van der Waals surface area contributed by atoms with Gasteiger partial charge in [0.2, 0.25) is 0 Å². The van der Waals surface area contributed by atoms with Gasteiger partial charge in [-0.25, -0.2) is 9.59 Å². The van der Waals surface area contributed by atoms with Gasteiger partial charge in [-0.15, -0.1) is 6.58 Å². The number of rotatable bonds is 8. The van der Waals surface area contributed by atoms with Crippen molar-refractivity contribution in [3.05, 3.63) is 107 Å². The molecule has 0 amide bonds. The van der Waals surface area contributed by atoms with E-state index in [0.717, 1.165) is 12.0 Å². The molecule has 0 aromatic heterocycles. The molecule has 0 saturated carbocycles. The quantitative estimate of drug-likeness (QED) is 0.248. The van der Waals surface area contributed by atoms with Gasteiger partial charge in [-0.05, 0) is 68.5 Å². The SMILES string of the molecule is C=CCc1ccc(O)c(OC)c1.CCOC(=O)c1ccccc1C(=O)OCC.Cc1ccc(C(C)C)cc1. The van der Waals surface area contributed by atoms with Crippen molar-refractivity contribution in [2.24, 2.45) is 0 Å². The van der Waals surface area contributed by atoms with E-state index in [2.05, 4.69) is 51.6 Å². The lowest BCUT2D eigenvalue weighted by molar-refractivity contribution is 0.0479. The van der Waals surface area contributed by atoms with Gasteiger partial charge in [-0.3, -0.25) is 0 Å². The van der Waals surface area contributed by atoms with Crippen LogP contribution in [0.25, 0.3) is 0 Å². The summed E-state index contributed by atoms with van der Waals surface area (Å²) in [4.78, 5) is 23.1. The summed E-state index contributed by atoms with van der Waals surface area (Å²) >= 11 is 0. The normalized spacial score (nSPS) is 9.76. The highest BCUT2D eigenvalue weighted by Crippen LogP contribution is 2.26. The molecule has 0 aliphatic carbocycles. The maximum atomic E-state index is 11.5. The van der Waals surface area contributed by atoms with Crippen LogP contribution >= 0.6 is 0 Å². The highest BCUT2D eigenvalue weighted by molar-refractivity contribution is 6.03. The first-order valence-electron chi connectivity index (χ1n) is 12.6. The van der Waals surface area contributed by atoms with Crippen LogP contribution in [-0.4, -0.2) is 37.4 Å². The molecule has 0 unspecified atom stereocenters. The molecule has 0 heterocycles.